The lowest BCUT2D eigenvalue weighted by Gasteiger charge is -2.36. The van der Waals surface area contributed by atoms with E-state index in [9.17, 15) is 10.1 Å². The zero-order chi connectivity index (χ0) is 16.3. The van der Waals surface area contributed by atoms with Gasteiger partial charge in [0.05, 0.1) is 11.0 Å². The Labute approximate surface area is 131 Å². The summed E-state index contributed by atoms with van der Waals surface area (Å²) in [6, 6.07) is 5.78. The average molecular weight is 307 g/mol. The third kappa shape index (κ3) is 3.88. The number of nitro groups is 1. The Hall–Kier alpha value is -1.82. The van der Waals surface area contributed by atoms with Gasteiger partial charge in [-0.2, -0.15) is 0 Å². The zero-order valence-electron chi connectivity index (χ0n) is 13.8. The van der Waals surface area contributed by atoms with Gasteiger partial charge in [-0.15, -0.1) is 0 Å². The van der Waals surface area contributed by atoms with Crippen LogP contribution >= 0.6 is 0 Å². The highest BCUT2D eigenvalue weighted by atomic mass is 16.6. The summed E-state index contributed by atoms with van der Waals surface area (Å²) in [5.41, 5.74) is 1.03. The molecule has 2 rings (SSSR count). The van der Waals surface area contributed by atoms with Crippen LogP contribution in [0.1, 0.15) is 26.7 Å². The molecule has 0 radical (unpaired) electrons. The minimum absolute atomic E-state index is 0.0284. The molecule has 22 heavy (non-hydrogen) atoms. The summed E-state index contributed by atoms with van der Waals surface area (Å²) in [5.74, 6) is 0.354. The summed E-state index contributed by atoms with van der Waals surface area (Å²) in [5, 5.41) is 11.1. The molecule has 1 aromatic carbocycles. The van der Waals surface area contributed by atoms with Crippen LogP contribution in [-0.4, -0.2) is 49.2 Å². The second-order valence-electron chi connectivity index (χ2n) is 6.26. The van der Waals surface area contributed by atoms with Crippen molar-refractivity contribution in [2.75, 3.05) is 32.1 Å². The van der Waals surface area contributed by atoms with E-state index in [1.807, 2.05) is 19.9 Å². The van der Waals surface area contributed by atoms with Crippen LogP contribution in [0.4, 0.5) is 11.4 Å². The van der Waals surface area contributed by atoms with Crippen molar-refractivity contribution < 1.29 is 9.66 Å². The Morgan fingerprint density at radius 1 is 1.32 bits per heavy atom. The van der Waals surface area contributed by atoms with E-state index in [1.165, 1.54) is 0 Å². The van der Waals surface area contributed by atoms with Crippen LogP contribution in [0.3, 0.4) is 0 Å². The van der Waals surface area contributed by atoms with Crippen LogP contribution in [0.15, 0.2) is 18.2 Å². The molecule has 122 valence electrons. The van der Waals surface area contributed by atoms with Crippen LogP contribution in [0.2, 0.25) is 0 Å². The first-order valence-corrected chi connectivity index (χ1v) is 7.75. The van der Waals surface area contributed by atoms with Crippen LogP contribution in [0.5, 0.6) is 5.75 Å². The monoisotopic (exact) mass is 307 g/mol. The molecule has 0 saturated carbocycles. The average Bonchev–Trinajstić information content (AvgIpc) is 2.46. The molecule has 1 saturated heterocycles. The highest BCUT2D eigenvalue weighted by molar-refractivity contribution is 5.59. The molecule has 0 aromatic heterocycles. The first kappa shape index (κ1) is 16.5. The summed E-state index contributed by atoms with van der Waals surface area (Å²) in [6.45, 7) is 5.67. The third-order valence-electron chi connectivity index (χ3n) is 4.06. The van der Waals surface area contributed by atoms with Crippen molar-refractivity contribution >= 4 is 11.4 Å². The first-order chi connectivity index (χ1) is 10.4. The maximum Gasteiger partial charge on any atom is 0.311 e. The van der Waals surface area contributed by atoms with Gasteiger partial charge in [-0.3, -0.25) is 10.1 Å². The molecular formula is C16H25N3O3. The molecule has 0 N–H and O–H groups in total. The molecule has 1 fully saturated rings. The normalized spacial score (nSPS) is 16.4. The molecule has 0 bridgehead atoms. The second kappa shape index (κ2) is 6.96. The van der Waals surface area contributed by atoms with E-state index in [4.69, 9.17) is 4.74 Å². The van der Waals surface area contributed by atoms with Gasteiger partial charge in [-0.05, 0) is 46.9 Å². The zero-order valence-corrected chi connectivity index (χ0v) is 13.8. The smallest absolute Gasteiger partial charge is 0.311 e. The molecule has 1 aliphatic heterocycles. The standard InChI is InChI=1S/C16H25N3O3/c1-12(2)22-16-11-14(5-6-15(16)19(20)21)18-9-7-13(8-10-18)17(3)4/h5-6,11-13H,7-10H2,1-4H3. The topological polar surface area (TPSA) is 58.8 Å². The Kier molecular flexibility index (Phi) is 5.24. The summed E-state index contributed by atoms with van der Waals surface area (Å²) in [7, 11) is 4.22. The molecule has 0 unspecified atom stereocenters. The summed E-state index contributed by atoms with van der Waals surface area (Å²) < 4.78 is 5.62. The quantitative estimate of drug-likeness (QED) is 0.618. The van der Waals surface area contributed by atoms with E-state index in [0.29, 0.717) is 11.8 Å². The van der Waals surface area contributed by atoms with Gasteiger partial charge in [0, 0.05) is 37.0 Å². The van der Waals surface area contributed by atoms with Crippen molar-refractivity contribution in [1.82, 2.24) is 4.90 Å². The SMILES string of the molecule is CC(C)Oc1cc(N2CCC(N(C)C)CC2)ccc1[N+](=O)[O-]. The maximum atomic E-state index is 11.1. The highest BCUT2D eigenvalue weighted by Gasteiger charge is 2.23. The molecular weight excluding hydrogens is 282 g/mol. The first-order valence-electron chi connectivity index (χ1n) is 7.75. The molecule has 0 amide bonds. The number of nitrogens with zero attached hydrogens (tertiary/aromatic N) is 3. The van der Waals surface area contributed by atoms with E-state index in [-0.39, 0.29) is 16.7 Å². The van der Waals surface area contributed by atoms with Crippen molar-refractivity contribution in [2.45, 2.75) is 38.8 Å². The Morgan fingerprint density at radius 2 is 1.95 bits per heavy atom. The molecule has 6 heteroatoms. The number of hydrogen-bond donors (Lipinski definition) is 0. The molecule has 1 aliphatic rings. The fraction of sp³-hybridized carbons (Fsp3) is 0.625. The number of ether oxygens (including phenoxy) is 1. The van der Waals surface area contributed by atoms with Crippen molar-refractivity contribution in [3.8, 4) is 5.75 Å². The summed E-state index contributed by atoms with van der Waals surface area (Å²) >= 11 is 0. The van der Waals surface area contributed by atoms with Crippen molar-refractivity contribution in [1.29, 1.82) is 0 Å². The van der Waals surface area contributed by atoms with Crippen molar-refractivity contribution in [3.63, 3.8) is 0 Å². The van der Waals surface area contributed by atoms with Crippen molar-refractivity contribution in [3.05, 3.63) is 28.3 Å². The van der Waals surface area contributed by atoms with E-state index in [1.54, 1.807) is 12.1 Å². The molecule has 1 aromatic rings. The Morgan fingerprint density at radius 3 is 2.45 bits per heavy atom. The third-order valence-corrected chi connectivity index (χ3v) is 4.06. The van der Waals surface area contributed by atoms with Crippen molar-refractivity contribution in [2.24, 2.45) is 0 Å². The fourth-order valence-corrected chi connectivity index (χ4v) is 2.84. The number of anilines is 1. The Bertz CT molecular complexity index is 523. The van der Waals surface area contributed by atoms with Gasteiger partial charge in [0.1, 0.15) is 0 Å². The van der Waals surface area contributed by atoms with Gasteiger partial charge < -0.3 is 14.5 Å². The number of hydrogen-bond acceptors (Lipinski definition) is 5. The highest BCUT2D eigenvalue weighted by Crippen LogP contribution is 2.33. The Balaban J connectivity index is 2.17. The largest absolute Gasteiger partial charge is 0.484 e. The fourth-order valence-electron chi connectivity index (χ4n) is 2.84. The second-order valence-corrected chi connectivity index (χ2v) is 6.26. The van der Waals surface area contributed by atoms with Gasteiger partial charge in [0.25, 0.3) is 0 Å². The predicted octanol–water partition coefficient (Wildman–Crippen LogP) is 2.91. The van der Waals surface area contributed by atoms with E-state index >= 15 is 0 Å². The molecule has 6 nitrogen and oxygen atoms in total. The van der Waals surface area contributed by atoms with Gasteiger partial charge in [-0.1, -0.05) is 0 Å². The van der Waals surface area contributed by atoms with Gasteiger partial charge in [0.15, 0.2) is 5.75 Å². The van der Waals surface area contributed by atoms with E-state index in [2.05, 4.69) is 23.9 Å². The lowest BCUT2D eigenvalue weighted by Crippen LogP contribution is -2.42. The van der Waals surface area contributed by atoms with E-state index in [0.717, 1.165) is 31.6 Å². The van der Waals surface area contributed by atoms with Crippen LogP contribution < -0.4 is 9.64 Å². The number of piperidine rings is 1. The summed E-state index contributed by atoms with van der Waals surface area (Å²) in [6.07, 6.45) is 2.11. The molecule has 0 spiro atoms. The number of benzene rings is 1. The summed E-state index contributed by atoms with van der Waals surface area (Å²) in [4.78, 5) is 15.3. The van der Waals surface area contributed by atoms with Crippen LogP contribution in [0.25, 0.3) is 0 Å². The minimum Gasteiger partial charge on any atom is -0.484 e. The van der Waals surface area contributed by atoms with Crippen LogP contribution in [-0.2, 0) is 0 Å². The lowest BCUT2D eigenvalue weighted by molar-refractivity contribution is -0.386. The van der Waals surface area contributed by atoms with Crippen LogP contribution in [0, 0.1) is 10.1 Å². The van der Waals surface area contributed by atoms with Gasteiger partial charge in [0.2, 0.25) is 0 Å². The minimum atomic E-state index is -0.389. The predicted molar refractivity (Wildman–Crippen MR) is 87.8 cm³/mol. The molecule has 0 atom stereocenters. The lowest BCUT2D eigenvalue weighted by atomic mass is 10.0. The molecule has 1 heterocycles. The van der Waals surface area contributed by atoms with Gasteiger partial charge in [-0.25, -0.2) is 0 Å². The number of nitro benzene ring substituents is 1. The molecule has 0 aliphatic carbocycles. The van der Waals surface area contributed by atoms with Gasteiger partial charge >= 0.3 is 5.69 Å². The number of rotatable bonds is 5. The van der Waals surface area contributed by atoms with E-state index < -0.39 is 0 Å². The maximum absolute atomic E-state index is 11.1.